The van der Waals surface area contributed by atoms with Crippen molar-refractivity contribution < 1.29 is 9.53 Å². The summed E-state index contributed by atoms with van der Waals surface area (Å²) in [5.41, 5.74) is 6.80. The molecule has 0 saturated heterocycles. The summed E-state index contributed by atoms with van der Waals surface area (Å²) in [5, 5.41) is -0.325. The lowest BCUT2D eigenvalue weighted by Crippen LogP contribution is -2.20. The summed E-state index contributed by atoms with van der Waals surface area (Å²) >= 11 is 6.15. The third-order valence-corrected chi connectivity index (χ3v) is 3.00. The highest BCUT2D eigenvalue weighted by Crippen LogP contribution is 2.30. The Kier molecular flexibility index (Phi) is 4.18. The third kappa shape index (κ3) is 2.88. The van der Waals surface area contributed by atoms with E-state index in [0.29, 0.717) is 17.1 Å². The number of primary amides is 1. The number of carbonyl (C=O) groups excluding carboxylic acids is 1. The van der Waals surface area contributed by atoms with Crippen molar-refractivity contribution >= 4 is 28.5 Å². The molecule has 1 heterocycles. The number of hydrogen-bond donors (Lipinski definition) is 1. The number of hydrogen-bond acceptors (Lipinski definition) is 3. The maximum atomic E-state index is 11.2. The molecule has 1 aromatic carbocycles. The molecule has 0 saturated carbocycles. The first-order chi connectivity index (χ1) is 9.40. The molecule has 0 aliphatic rings. The van der Waals surface area contributed by atoms with Crippen molar-refractivity contribution in [3.05, 3.63) is 24.0 Å². The van der Waals surface area contributed by atoms with E-state index in [2.05, 4.69) is 4.98 Å². The first kappa shape index (κ1) is 14.7. The molecule has 1 unspecified atom stereocenters. The molecule has 108 valence electrons. The lowest BCUT2D eigenvalue weighted by Gasteiger charge is -2.10. The molecule has 2 aromatic rings. The molecule has 0 radical (unpaired) electrons. The van der Waals surface area contributed by atoms with Crippen LogP contribution in [0.1, 0.15) is 32.0 Å². The first-order valence-corrected chi connectivity index (χ1v) is 6.92. The van der Waals surface area contributed by atoms with Gasteiger partial charge in [-0.2, -0.15) is 0 Å². The van der Waals surface area contributed by atoms with E-state index < -0.39 is 5.91 Å². The van der Waals surface area contributed by atoms with Crippen LogP contribution in [0, 0.1) is 0 Å². The molecular formula is C14H18ClN3O2. The fraction of sp³-hybridized carbons (Fsp3) is 0.429. The van der Waals surface area contributed by atoms with E-state index >= 15 is 0 Å². The van der Waals surface area contributed by atoms with E-state index in [1.807, 2.05) is 39.0 Å². The van der Waals surface area contributed by atoms with Crippen molar-refractivity contribution in [1.29, 1.82) is 0 Å². The fourth-order valence-electron chi connectivity index (χ4n) is 2.11. The molecule has 0 spiro atoms. The highest BCUT2D eigenvalue weighted by atomic mass is 35.5. The molecule has 0 bridgehead atoms. The summed E-state index contributed by atoms with van der Waals surface area (Å²) < 4.78 is 7.48. The Hall–Kier alpha value is -1.75. The van der Waals surface area contributed by atoms with Gasteiger partial charge in [-0.15, -0.1) is 11.6 Å². The lowest BCUT2D eigenvalue weighted by molar-refractivity contribution is -0.118. The predicted octanol–water partition coefficient (Wildman–Crippen LogP) is 2.61. The van der Waals surface area contributed by atoms with Gasteiger partial charge >= 0.3 is 0 Å². The van der Waals surface area contributed by atoms with E-state index in [1.54, 1.807) is 4.57 Å². The number of nitrogens with zero attached hydrogens (tertiary/aromatic N) is 2. The second-order valence-corrected chi connectivity index (χ2v) is 5.58. The highest BCUT2D eigenvalue weighted by molar-refractivity contribution is 6.20. The Morgan fingerprint density at radius 3 is 2.70 bits per heavy atom. The summed E-state index contributed by atoms with van der Waals surface area (Å²) in [5.74, 6) is 0.859. The summed E-state index contributed by atoms with van der Waals surface area (Å²) in [7, 11) is 0. The smallest absolute Gasteiger partial charge is 0.237 e. The molecule has 6 heteroatoms. The number of aromatic nitrogens is 2. The maximum absolute atomic E-state index is 11.2. The molecule has 2 N–H and O–H groups in total. The van der Waals surface area contributed by atoms with Crippen LogP contribution in [0.25, 0.3) is 11.0 Å². The Balaban J connectivity index is 2.63. The van der Waals surface area contributed by atoms with Gasteiger partial charge < -0.3 is 15.0 Å². The van der Waals surface area contributed by atoms with E-state index in [-0.39, 0.29) is 18.0 Å². The topological polar surface area (TPSA) is 70.1 Å². The number of ether oxygens (including phenoxy) is 1. The van der Waals surface area contributed by atoms with Gasteiger partial charge in [0.2, 0.25) is 5.91 Å². The van der Waals surface area contributed by atoms with Crippen molar-refractivity contribution in [2.24, 2.45) is 5.73 Å². The van der Waals surface area contributed by atoms with Crippen LogP contribution in [0.3, 0.4) is 0 Å². The van der Waals surface area contributed by atoms with Crippen LogP contribution in [0.15, 0.2) is 18.2 Å². The van der Waals surface area contributed by atoms with Gasteiger partial charge in [-0.1, -0.05) is 6.07 Å². The Labute approximate surface area is 122 Å². The fourth-order valence-corrected chi connectivity index (χ4v) is 2.28. The van der Waals surface area contributed by atoms with E-state index in [0.717, 1.165) is 5.52 Å². The van der Waals surface area contributed by atoms with Gasteiger partial charge in [0.1, 0.15) is 23.6 Å². The van der Waals surface area contributed by atoms with Crippen molar-refractivity contribution in [1.82, 2.24) is 9.55 Å². The minimum Gasteiger partial charge on any atom is -0.489 e. The zero-order valence-electron chi connectivity index (χ0n) is 11.8. The number of fused-ring (bicyclic) bond motifs is 1. The Morgan fingerprint density at radius 1 is 1.45 bits per heavy atom. The number of imidazole rings is 1. The molecular weight excluding hydrogens is 278 g/mol. The minimum atomic E-state index is -0.432. The summed E-state index contributed by atoms with van der Waals surface area (Å²) in [6.07, 6.45) is 0.0405. The van der Waals surface area contributed by atoms with Gasteiger partial charge in [-0.3, -0.25) is 4.79 Å². The normalized spacial score (nSPS) is 12.8. The number of halogens is 1. The average molecular weight is 296 g/mol. The van der Waals surface area contributed by atoms with Crippen molar-refractivity contribution in [3.63, 3.8) is 0 Å². The summed E-state index contributed by atoms with van der Waals surface area (Å²) in [6, 6.07) is 5.59. The third-order valence-electron chi connectivity index (χ3n) is 2.80. The molecule has 5 nitrogen and oxygen atoms in total. The molecule has 20 heavy (non-hydrogen) atoms. The number of benzene rings is 1. The molecule has 0 fully saturated rings. The van der Waals surface area contributed by atoms with Crippen molar-refractivity contribution in [3.8, 4) is 5.75 Å². The van der Waals surface area contributed by atoms with E-state index in [9.17, 15) is 4.79 Å². The minimum absolute atomic E-state index is 0.0405. The number of rotatable bonds is 5. The van der Waals surface area contributed by atoms with Crippen LogP contribution in [-0.4, -0.2) is 21.6 Å². The van der Waals surface area contributed by atoms with E-state index in [1.165, 1.54) is 0 Å². The van der Waals surface area contributed by atoms with Crippen molar-refractivity contribution in [2.75, 3.05) is 0 Å². The van der Waals surface area contributed by atoms with Gasteiger partial charge in [-0.25, -0.2) is 4.98 Å². The number of para-hydroxylation sites is 1. The molecule has 0 aliphatic carbocycles. The van der Waals surface area contributed by atoms with Gasteiger partial charge in [0.15, 0.2) is 0 Å². The molecule has 1 amide bonds. The standard InChI is InChI=1S/C14H18ClN3O2/c1-8(2)20-11-6-4-5-10-13(11)17-14(9(3)15)18(10)7-12(16)19/h4-6,8-9H,7H2,1-3H3,(H2,16,19). The zero-order chi connectivity index (χ0) is 14.9. The van der Waals surface area contributed by atoms with Crippen molar-refractivity contribution in [2.45, 2.75) is 38.8 Å². The van der Waals surface area contributed by atoms with Gasteiger partial charge in [0.05, 0.1) is 17.0 Å². The van der Waals surface area contributed by atoms with Crippen LogP contribution >= 0.6 is 11.6 Å². The second kappa shape index (κ2) is 5.71. The summed E-state index contributed by atoms with van der Waals surface area (Å²) in [4.78, 5) is 15.8. The maximum Gasteiger partial charge on any atom is 0.237 e. The first-order valence-electron chi connectivity index (χ1n) is 6.48. The molecule has 1 atom stereocenters. The Bertz CT molecular complexity index is 635. The second-order valence-electron chi connectivity index (χ2n) is 4.93. The molecule has 0 aliphatic heterocycles. The Morgan fingerprint density at radius 2 is 2.15 bits per heavy atom. The quantitative estimate of drug-likeness (QED) is 0.862. The largest absolute Gasteiger partial charge is 0.489 e. The van der Waals surface area contributed by atoms with Crippen LogP contribution in [-0.2, 0) is 11.3 Å². The van der Waals surface area contributed by atoms with Crippen LogP contribution in [0.4, 0.5) is 0 Å². The number of nitrogens with two attached hydrogens (primary N) is 1. The highest BCUT2D eigenvalue weighted by Gasteiger charge is 2.19. The summed E-state index contributed by atoms with van der Waals surface area (Å²) in [6.45, 7) is 5.76. The van der Waals surface area contributed by atoms with Crippen LogP contribution in [0.5, 0.6) is 5.75 Å². The number of alkyl halides is 1. The van der Waals surface area contributed by atoms with Crippen LogP contribution < -0.4 is 10.5 Å². The zero-order valence-corrected chi connectivity index (χ0v) is 12.5. The monoisotopic (exact) mass is 295 g/mol. The van der Waals surface area contributed by atoms with Gasteiger partial charge in [0.25, 0.3) is 0 Å². The molecule has 2 rings (SSSR count). The average Bonchev–Trinajstić information content (AvgIpc) is 2.68. The van der Waals surface area contributed by atoms with Gasteiger partial charge in [0, 0.05) is 0 Å². The number of amides is 1. The lowest BCUT2D eigenvalue weighted by atomic mass is 10.3. The molecule has 1 aromatic heterocycles. The number of carbonyl (C=O) groups is 1. The predicted molar refractivity (Wildman–Crippen MR) is 79.0 cm³/mol. The SMILES string of the molecule is CC(C)Oc1cccc2c1nc(C(C)Cl)n2CC(N)=O. The van der Waals surface area contributed by atoms with E-state index in [4.69, 9.17) is 22.1 Å². The van der Waals surface area contributed by atoms with Crippen LogP contribution in [0.2, 0.25) is 0 Å². The van der Waals surface area contributed by atoms with Gasteiger partial charge in [-0.05, 0) is 32.9 Å².